The molecule has 0 aliphatic carbocycles. The number of carbonyl (C=O) groups excluding carboxylic acids is 1. The van der Waals surface area contributed by atoms with Crippen molar-refractivity contribution >= 4 is 21.6 Å². The minimum absolute atomic E-state index is 0.0257. The fourth-order valence-corrected chi connectivity index (χ4v) is 3.02. The molecule has 0 radical (unpaired) electrons. The summed E-state index contributed by atoms with van der Waals surface area (Å²) in [4.78, 5) is 12.2. The maximum Gasteiger partial charge on any atom is 0.238 e. The Morgan fingerprint density at radius 1 is 1.04 bits per heavy atom. The monoisotopic (exact) mass is 376 g/mol. The van der Waals surface area contributed by atoms with E-state index in [0.717, 1.165) is 16.7 Å². The predicted octanol–water partition coefficient (Wildman–Crippen LogP) is 2.98. The van der Waals surface area contributed by atoms with Gasteiger partial charge in [0.2, 0.25) is 15.9 Å². The fourth-order valence-electron chi connectivity index (χ4n) is 2.40. The van der Waals surface area contributed by atoms with Crippen LogP contribution in [0.2, 0.25) is 0 Å². The van der Waals surface area contributed by atoms with Gasteiger partial charge in [-0.05, 0) is 74.2 Å². The number of amides is 1. The molecule has 0 bridgehead atoms. The molecule has 0 unspecified atom stereocenters. The van der Waals surface area contributed by atoms with Crippen molar-refractivity contribution in [2.75, 3.05) is 11.9 Å². The standard InChI is InChI=1S/C19H24N2O4S/c1-12-5-6-16(9-13(12)2)25-8-7-19(22)21-18-11-17(26(20,23)24)10-14(3)15(18)4/h5-6,9-11H,7-8H2,1-4H3,(H,21,22)(H2,20,23,24). The van der Waals surface area contributed by atoms with Crippen molar-refractivity contribution in [3.8, 4) is 5.75 Å². The van der Waals surface area contributed by atoms with E-state index in [2.05, 4.69) is 5.32 Å². The Morgan fingerprint density at radius 3 is 2.35 bits per heavy atom. The molecule has 0 aromatic heterocycles. The van der Waals surface area contributed by atoms with Gasteiger partial charge in [0.15, 0.2) is 0 Å². The van der Waals surface area contributed by atoms with E-state index in [1.165, 1.54) is 17.7 Å². The molecule has 0 fully saturated rings. The summed E-state index contributed by atoms with van der Waals surface area (Å²) in [6.45, 7) is 7.82. The molecule has 26 heavy (non-hydrogen) atoms. The summed E-state index contributed by atoms with van der Waals surface area (Å²) in [6, 6.07) is 8.62. The number of carbonyl (C=O) groups is 1. The van der Waals surface area contributed by atoms with Crippen LogP contribution in [-0.2, 0) is 14.8 Å². The molecule has 6 nitrogen and oxygen atoms in total. The molecule has 0 aliphatic heterocycles. The lowest BCUT2D eigenvalue weighted by Gasteiger charge is -2.13. The van der Waals surface area contributed by atoms with E-state index in [1.807, 2.05) is 39.0 Å². The Labute approximate surface area is 154 Å². The molecule has 2 aromatic rings. The lowest BCUT2D eigenvalue weighted by atomic mass is 10.1. The highest BCUT2D eigenvalue weighted by Gasteiger charge is 2.14. The molecular weight excluding hydrogens is 352 g/mol. The van der Waals surface area contributed by atoms with E-state index in [-0.39, 0.29) is 23.8 Å². The van der Waals surface area contributed by atoms with Crippen LogP contribution in [0.4, 0.5) is 5.69 Å². The first-order chi connectivity index (χ1) is 12.1. The van der Waals surface area contributed by atoms with Crippen molar-refractivity contribution in [3.05, 3.63) is 52.6 Å². The van der Waals surface area contributed by atoms with Crippen LogP contribution in [0.3, 0.4) is 0 Å². The third-order valence-electron chi connectivity index (χ3n) is 4.32. The van der Waals surface area contributed by atoms with Crippen molar-refractivity contribution in [2.45, 2.75) is 39.0 Å². The Kier molecular flexibility index (Phi) is 6.05. The minimum atomic E-state index is -3.84. The molecule has 0 spiro atoms. The highest BCUT2D eigenvalue weighted by Crippen LogP contribution is 2.24. The Hall–Kier alpha value is -2.38. The second kappa shape index (κ2) is 7.88. The van der Waals surface area contributed by atoms with Gasteiger partial charge in [-0.3, -0.25) is 4.79 Å². The maximum atomic E-state index is 12.2. The van der Waals surface area contributed by atoms with Gasteiger partial charge in [0, 0.05) is 5.69 Å². The number of nitrogens with two attached hydrogens (primary N) is 1. The van der Waals surface area contributed by atoms with Gasteiger partial charge < -0.3 is 10.1 Å². The average Bonchev–Trinajstić information content (AvgIpc) is 2.54. The zero-order valence-corrected chi connectivity index (χ0v) is 16.2. The highest BCUT2D eigenvalue weighted by atomic mass is 32.2. The molecule has 0 heterocycles. The normalized spacial score (nSPS) is 11.3. The molecule has 7 heteroatoms. The number of aryl methyl sites for hydroxylation is 3. The van der Waals surface area contributed by atoms with E-state index >= 15 is 0 Å². The third-order valence-corrected chi connectivity index (χ3v) is 5.21. The summed E-state index contributed by atoms with van der Waals surface area (Å²) in [6.07, 6.45) is 0.144. The molecule has 0 atom stereocenters. The number of benzene rings is 2. The molecule has 0 aliphatic rings. The van der Waals surface area contributed by atoms with Crippen molar-refractivity contribution in [3.63, 3.8) is 0 Å². The molecule has 0 saturated carbocycles. The molecule has 3 N–H and O–H groups in total. The van der Waals surface area contributed by atoms with Gasteiger partial charge in [-0.25, -0.2) is 13.6 Å². The first-order valence-electron chi connectivity index (χ1n) is 8.22. The molecule has 1 amide bonds. The summed E-state index contributed by atoms with van der Waals surface area (Å²) in [5.74, 6) is 0.451. The largest absolute Gasteiger partial charge is 0.493 e. The van der Waals surface area contributed by atoms with Gasteiger partial charge in [0.1, 0.15) is 5.75 Å². The van der Waals surface area contributed by atoms with Crippen molar-refractivity contribution in [1.29, 1.82) is 0 Å². The summed E-state index contributed by atoms with van der Waals surface area (Å²) >= 11 is 0. The average molecular weight is 376 g/mol. The first kappa shape index (κ1) is 19.9. The van der Waals surface area contributed by atoms with Gasteiger partial charge in [0.25, 0.3) is 0 Å². The van der Waals surface area contributed by atoms with Crippen LogP contribution in [0, 0.1) is 27.7 Å². The van der Waals surface area contributed by atoms with Gasteiger partial charge in [-0.2, -0.15) is 0 Å². The number of hydrogen-bond acceptors (Lipinski definition) is 4. The van der Waals surface area contributed by atoms with E-state index in [4.69, 9.17) is 9.88 Å². The summed E-state index contributed by atoms with van der Waals surface area (Å²) < 4.78 is 28.7. The second-order valence-corrected chi connectivity index (χ2v) is 7.91. The van der Waals surface area contributed by atoms with E-state index in [1.54, 1.807) is 6.92 Å². The van der Waals surface area contributed by atoms with Crippen LogP contribution < -0.4 is 15.2 Å². The lowest BCUT2D eigenvalue weighted by Crippen LogP contribution is -2.18. The van der Waals surface area contributed by atoms with Crippen LogP contribution in [-0.4, -0.2) is 20.9 Å². The summed E-state index contributed by atoms with van der Waals surface area (Å²) in [7, 11) is -3.84. The van der Waals surface area contributed by atoms with Gasteiger partial charge >= 0.3 is 0 Å². The Bertz CT molecular complexity index is 937. The number of nitrogens with one attached hydrogen (secondary N) is 1. The SMILES string of the molecule is Cc1ccc(OCCC(=O)Nc2cc(S(N)(=O)=O)cc(C)c2C)cc1C. The number of hydrogen-bond donors (Lipinski definition) is 2. The molecule has 2 rings (SSSR count). The summed E-state index contributed by atoms with van der Waals surface area (Å²) in [5, 5.41) is 7.91. The number of rotatable bonds is 6. The van der Waals surface area contributed by atoms with Crippen LogP contribution >= 0.6 is 0 Å². The Balaban J connectivity index is 2.01. The zero-order valence-electron chi connectivity index (χ0n) is 15.4. The summed E-state index contributed by atoms with van der Waals surface area (Å²) in [5.41, 5.74) is 4.26. The molecule has 2 aromatic carbocycles. The van der Waals surface area contributed by atoms with Gasteiger partial charge in [-0.1, -0.05) is 6.07 Å². The smallest absolute Gasteiger partial charge is 0.238 e. The van der Waals surface area contributed by atoms with E-state index in [9.17, 15) is 13.2 Å². The third kappa shape index (κ3) is 5.06. The lowest BCUT2D eigenvalue weighted by molar-refractivity contribution is -0.116. The maximum absolute atomic E-state index is 12.2. The number of primary sulfonamides is 1. The minimum Gasteiger partial charge on any atom is -0.493 e. The number of sulfonamides is 1. The molecular formula is C19H24N2O4S. The second-order valence-electron chi connectivity index (χ2n) is 6.35. The van der Waals surface area contributed by atoms with E-state index in [0.29, 0.717) is 11.4 Å². The van der Waals surface area contributed by atoms with E-state index < -0.39 is 10.0 Å². The van der Waals surface area contributed by atoms with Crippen molar-refractivity contribution < 1.29 is 17.9 Å². The highest BCUT2D eigenvalue weighted by molar-refractivity contribution is 7.89. The molecule has 140 valence electrons. The van der Waals surface area contributed by atoms with Crippen molar-refractivity contribution in [1.82, 2.24) is 0 Å². The van der Waals surface area contributed by atoms with Crippen molar-refractivity contribution in [2.24, 2.45) is 5.14 Å². The van der Waals surface area contributed by atoms with Crippen LogP contribution in [0.25, 0.3) is 0 Å². The van der Waals surface area contributed by atoms with Crippen LogP contribution in [0.5, 0.6) is 5.75 Å². The quantitative estimate of drug-likeness (QED) is 0.810. The zero-order chi connectivity index (χ0) is 19.5. The fraction of sp³-hybridized carbons (Fsp3) is 0.316. The van der Waals surface area contributed by atoms with Gasteiger partial charge in [0.05, 0.1) is 17.9 Å². The number of ether oxygens (including phenoxy) is 1. The van der Waals surface area contributed by atoms with Gasteiger partial charge in [-0.15, -0.1) is 0 Å². The van der Waals surface area contributed by atoms with Crippen LogP contribution in [0.15, 0.2) is 35.2 Å². The Morgan fingerprint density at radius 2 is 1.73 bits per heavy atom. The molecule has 0 saturated heterocycles. The first-order valence-corrected chi connectivity index (χ1v) is 9.76. The predicted molar refractivity (Wildman–Crippen MR) is 102 cm³/mol. The number of anilines is 1. The van der Waals surface area contributed by atoms with Crippen LogP contribution in [0.1, 0.15) is 28.7 Å². The topological polar surface area (TPSA) is 98.5 Å².